The molecule has 1 heterocycles. The number of nitrogens with zero attached hydrogens (tertiary/aromatic N) is 2. The summed E-state index contributed by atoms with van der Waals surface area (Å²) in [7, 11) is 0. The van der Waals surface area contributed by atoms with E-state index in [0.717, 1.165) is 32.6 Å². The van der Waals surface area contributed by atoms with E-state index in [4.69, 9.17) is 0 Å². The summed E-state index contributed by atoms with van der Waals surface area (Å²) < 4.78 is 0. The predicted molar refractivity (Wildman–Crippen MR) is 97.0 cm³/mol. The van der Waals surface area contributed by atoms with Crippen LogP contribution in [0.25, 0.3) is 0 Å². The van der Waals surface area contributed by atoms with Crippen LogP contribution in [-0.4, -0.2) is 36.2 Å². The lowest BCUT2D eigenvalue weighted by atomic mass is 9.85. The normalized spacial score (nSPS) is 22.8. The summed E-state index contributed by atoms with van der Waals surface area (Å²) >= 11 is 0. The van der Waals surface area contributed by atoms with E-state index in [2.05, 4.69) is 54.9 Å². The molecule has 2 atom stereocenters. The van der Waals surface area contributed by atoms with Crippen molar-refractivity contribution in [3.8, 4) is 5.75 Å². The highest BCUT2D eigenvalue weighted by molar-refractivity contribution is 5.70. The Morgan fingerprint density at radius 2 is 2.04 bits per heavy atom. The third-order valence-electron chi connectivity index (χ3n) is 5.28. The van der Waals surface area contributed by atoms with Gasteiger partial charge in [-0.15, -0.1) is 0 Å². The van der Waals surface area contributed by atoms with E-state index in [-0.39, 0.29) is 0 Å². The van der Waals surface area contributed by atoms with Gasteiger partial charge in [-0.3, -0.25) is 0 Å². The Hall–Kier alpha value is -1.74. The van der Waals surface area contributed by atoms with Crippen LogP contribution in [0.5, 0.6) is 5.75 Å². The first-order chi connectivity index (χ1) is 11.2. The van der Waals surface area contributed by atoms with Crippen molar-refractivity contribution in [1.29, 1.82) is 0 Å². The van der Waals surface area contributed by atoms with E-state index in [1.54, 1.807) is 0 Å². The Labute approximate surface area is 139 Å². The van der Waals surface area contributed by atoms with Crippen molar-refractivity contribution < 1.29 is 5.11 Å². The average Bonchev–Trinajstić information content (AvgIpc) is 2.72. The van der Waals surface area contributed by atoms with E-state index in [1.807, 2.05) is 12.1 Å². The molecule has 0 fully saturated rings. The molecule has 1 N–H and O–H groups in total. The first kappa shape index (κ1) is 16.1. The minimum Gasteiger partial charge on any atom is -0.508 e. The molecule has 0 amide bonds. The molecule has 0 saturated carbocycles. The Morgan fingerprint density at radius 1 is 1.26 bits per heavy atom. The second kappa shape index (κ2) is 6.79. The number of hydrogen-bond donors (Lipinski definition) is 1. The van der Waals surface area contributed by atoms with Gasteiger partial charge in [0, 0.05) is 36.5 Å². The fraction of sp³-hybridized carbons (Fsp3) is 0.500. The van der Waals surface area contributed by atoms with Crippen LogP contribution >= 0.6 is 0 Å². The Balaban J connectivity index is 1.95. The second-order valence-electron chi connectivity index (χ2n) is 6.63. The smallest absolute Gasteiger partial charge is 0.117 e. The lowest BCUT2D eigenvalue weighted by Gasteiger charge is -2.27. The topological polar surface area (TPSA) is 26.7 Å². The summed E-state index contributed by atoms with van der Waals surface area (Å²) in [5, 5.41) is 9.97. The van der Waals surface area contributed by atoms with E-state index >= 15 is 0 Å². The van der Waals surface area contributed by atoms with Crippen LogP contribution in [0.15, 0.2) is 42.1 Å². The summed E-state index contributed by atoms with van der Waals surface area (Å²) in [4.78, 5) is 4.87. The molecule has 1 aromatic rings. The van der Waals surface area contributed by atoms with Crippen LogP contribution in [0.4, 0.5) is 5.69 Å². The highest BCUT2D eigenvalue weighted by Gasteiger charge is 2.37. The van der Waals surface area contributed by atoms with Crippen molar-refractivity contribution in [2.75, 3.05) is 31.1 Å². The highest BCUT2D eigenvalue weighted by atomic mass is 16.3. The molecule has 2 unspecified atom stereocenters. The minimum atomic E-state index is 0.358. The molecule has 1 aliphatic heterocycles. The zero-order valence-corrected chi connectivity index (χ0v) is 14.5. The van der Waals surface area contributed by atoms with Crippen LogP contribution in [0.2, 0.25) is 0 Å². The molecule has 1 aliphatic carbocycles. The number of allylic oxidation sites excluding steroid dienone is 4. The average molecular weight is 312 g/mol. The highest BCUT2D eigenvalue weighted by Crippen LogP contribution is 2.49. The first-order valence-electron chi connectivity index (χ1n) is 8.85. The number of fused-ring (bicyclic) bond motifs is 3. The van der Waals surface area contributed by atoms with Crippen molar-refractivity contribution in [3.63, 3.8) is 0 Å². The maximum absolute atomic E-state index is 9.97. The van der Waals surface area contributed by atoms with Gasteiger partial charge in [-0.05, 0) is 43.1 Å². The lowest BCUT2D eigenvalue weighted by Crippen LogP contribution is -2.34. The Morgan fingerprint density at radius 3 is 2.78 bits per heavy atom. The number of likely N-dealkylation sites (N-methyl/N-ethyl adjacent to an activating group) is 1. The standard InChI is InChI=1S/C20H28N2O/c1-4-21(5-2)12-13-22-18-9-7-6-8-15(3)20(18)17-11-10-16(23)14-19(17)22/h6-7,9-11,14-15,20,23H,4-5,8,12-13H2,1-3H3. The molecular weight excluding hydrogens is 284 g/mol. The number of rotatable bonds is 5. The largest absolute Gasteiger partial charge is 0.508 e. The van der Waals surface area contributed by atoms with Crippen LogP contribution < -0.4 is 4.90 Å². The quantitative estimate of drug-likeness (QED) is 0.886. The number of benzene rings is 1. The van der Waals surface area contributed by atoms with Gasteiger partial charge in [0.05, 0.1) is 0 Å². The fourth-order valence-corrected chi connectivity index (χ4v) is 3.91. The maximum atomic E-state index is 9.97. The van der Waals surface area contributed by atoms with Crippen LogP contribution in [0.1, 0.15) is 38.7 Å². The molecule has 0 radical (unpaired) electrons. The van der Waals surface area contributed by atoms with Crippen molar-refractivity contribution in [2.24, 2.45) is 5.92 Å². The summed E-state index contributed by atoms with van der Waals surface area (Å²) in [5.41, 5.74) is 3.94. The SMILES string of the molecule is CCN(CC)CCN1C2=CC=CCC(C)C2c2ccc(O)cc21. The monoisotopic (exact) mass is 312 g/mol. The molecule has 1 aromatic carbocycles. The van der Waals surface area contributed by atoms with E-state index in [9.17, 15) is 5.11 Å². The molecule has 3 rings (SSSR count). The molecule has 0 spiro atoms. The zero-order chi connectivity index (χ0) is 16.4. The number of hydrogen-bond acceptors (Lipinski definition) is 3. The van der Waals surface area contributed by atoms with E-state index in [1.165, 1.54) is 16.9 Å². The molecule has 3 heteroatoms. The molecule has 23 heavy (non-hydrogen) atoms. The molecular formula is C20H28N2O. The number of anilines is 1. The first-order valence-corrected chi connectivity index (χ1v) is 8.85. The van der Waals surface area contributed by atoms with Gasteiger partial charge in [-0.2, -0.15) is 0 Å². The lowest BCUT2D eigenvalue weighted by molar-refractivity contribution is 0.311. The van der Waals surface area contributed by atoms with Crippen molar-refractivity contribution in [2.45, 2.75) is 33.1 Å². The summed E-state index contributed by atoms with van der Waals surface area (Å²) in [6.45, 7) is 10.9. The molecule has 0 bridgehead atoms. The van der Waals surface area contributed by atoms with E-state index in [0.29, 0.717) is 17.6 Å². The number of phenols is 1. The van der Waals surface area contributed by atoms with Gasteiger partial charge in [0.2, 0.25) is 0 Å². The van der Waals surface area contributed by atoms with Gasteiger partial charge < -0.3 is 14.9 Å². The van der Waals surface area contributed by atoms with Gasteiger partial charge in [-0.25, -0.2) is 0 Å². The second-order valence-corrected chi connectivity index (χ2v) is 6.63. The third-order valence-corrected chi connectivity index (χ3v) is 5.28. The minimum absolute atomic E-state index is 0.358. The van der Waals surface area contributed by atoms with Crippen LogP contribution in [0.3, 0.4) is 0 Å². The van der Waals surface area contributed by atoms with Crippen molar-refractivity contribution in [3.05, 3.63) is 47.7 Å². The third kappa shape index (κ3) is 3.02. The van der Waals surface area contributed by atoms with Gasteiger partial charge >= 0.3 is 0 Å². The van der Waals surface area contributed by atoms with Gasteiger partial charge in [0.1, 0.15) is 5.75 Å². The Bertz CT molecular complexity index is 616. The molecule has 3 nitrogen and oxygen atoms in total. The number of phenolic OH excluding ortho intramolecular Hbond substituents is 1. The summed E-state index contributed by atoms with van der Waals surface area (Å²) in [6.07, 6.45) is 7.85. The zero-order valence-electron chi connectivity index (χ0n) is 14.5. The molecule has 124 valence electrons. The van der Waals surface area contributed by atoms with Crippen molar-refractivity contribution >= 4 is 5.69 Å². The van der Waals surface area contributed by atoms with Crippen molar-refractivity contribution in [1.82, 2.24) is 4.90 Å². The molecule has 2 aliphatic rings. The van der Waals surface area contributed by atoms with E-state index < -0.39 is 0 Å². The fourth-order valence-electron chi connectivity index (χ4n) is 3.91. The van der Waals surface area contributed by atoms with Crippen LogP contribution in [0, 0.1) is 5.92 Å². The summed E-state index contributed by atoms with van der Waals surface area (Å²) in [5.74, 6) is 1.39. The molecule has 0 aromatic heterocycles. The predicted octanol–water partition coefficient (Wildman–Crippen LogP) is 4.12. The van der Waals surface area contributed by atoms with Crippen LogP contribution in [-0.2, 0) is 0 Å². The van der Waals surface area contributed by atoms with Gasteiger partial charge in [-0.1, -0.05) is 39.0 Å². The number of aromatic hydroxyl groups is 1. The van der Waals surface area contributed by atoms with Gasteiger partial charge in [0.25, 0.3) is 0 Å². The molecule has 0 saturated heterocycles. The Kier molecular flexibility index (Phi) is 4.76. The van der Waals surface area contributed by atoms with Gasteiger partial charge in [0.15, 0.2) is 0 Å². The summed E-state index contributed by atoms with van der Waals surface area (Å²) in [6, 6.07) is 5.88. The maximum Gasteiger partial charge on any atom is 0.117 e.